The standard InChI is InChI=1S/C29H31N5O4/c1-37-24-7-8-26(38-2)25(18-24)28(35)34-14-10-22(11-15-34)21-3-5-23(6-4-21)32-29(36)31-19-20-9-13-33-16-12-30-27(33)17-20/h3-9,12-13,16-18,22H,10-11,14-15,19H2,1-2H3,(H2,31,32,36). The second-order valence-corrected chi connectivity index (χ2v) is 9.29. The molecule has 3 heterocycles. The molecule has 196 valence electrons. The second-order valence-electron chi connectivity index (χ2n) is 9.29. The van der Waals surface area contributed by atoms with Crippen molar-refractivity contribution in [3.8, 4) is 11.5 Å². The molecular formula is C29H31N5O4. The van der Waals surface area contributed by atoms with Gasteiger partial charge in [0.2, 0.25) is 0 Å². The molecule has 1 aliphatic rings. The smallest absolute Gasteiger partial charge is 0.319 e. The molecule has 38 heavy (non-hydrogen) atoms. The van der Waals surface area contributed by atoms with Crippen LogP contribution in [0.3, 0.4) is 0 Å². The molecule has 0 unspecified atom stereocenters. The summed E-state index contributed by atoms with van der Waals surface area (Å²) in [4.78, 5) is 31.7. The Morgan fingerprint density at radius 2 is 1.76 bits per heavy atom. The molecule has 0 radical (unpaired) electrons. The molecule has 4 aromatic rings. The third-order valence-electron chi connectivity index (χ3n) is 6.97. The Kier molecular flexibility index (Phi) is 7.44. The number of hydrogen-bond acceptors (Lipinski definition) is 5. The number of methoxy groups -OCH3 is 2. The van der Waals surface area contributed by atoms with E-state index < -0.39 is 0 Å². The summed E-state index contributed by atoms with van der Waals surface area (Å²) in [6, 6.07) is 16.9. The van der Waals surface area contributed by atoms with Crippen LogP contribution >= 0.6 is 0 Å². The molecule has 0 saturated carbocycles. The molecular weight excluding hydrogens is 482 g/mol. The number of nitrogens with zero attached hydrogens (tertiary/aromatic N) is 3. The van der Waals surface area contributed by atoms with Crippen LogP contribution in [0.4, 0.5) is 10.5 Å². The fraction of sp³-hybridized carbons (Fsp3) is 0.276. The van der Waals surface area contributed by atoms with Gasteiger partial charge in [-0.1, -0.05) is 12.1 Å². The molecule has 2 aromatic heterocycles. The molecule has 9 nitrogen and oxygen atoms in total. The minimum Gasteiger partial charge on any atom is -0.497 e. The lowest BCUT2D eigenvalue weighted by Crippen LogP contribution is -2.38. The van der Waals surface area contributed by atoms with Gasteiger partial charge in [0.1, 0.15) is 17.1 Å². The number of anilines is 1. The van der Waals surface area contributed by atoms with E-state index in [1.54, 1.807) is 38.6 Å². The molecule has 9 heteroatoms. The van der Waals surface area contributed by atoms with Crippen LogP contribution in [0.5, 0.6) is 11.5 Å². The first-order valence-corrected chi connectivity index (χ1v) is 12.6. The van der Waals surface area contributed by atoms with E-state index in [9.17, 15) is 9.59 Å². The highest BCUT2D eigenvalue weighted by molar-refractivity contribution is 5.97. The zero-order chi connectivity index (χ0) is 26.5. The average Bonchev–Trinajstić information content (AvgIpc) is 3.44. The fourth-order valence-corrected chi connectivity index (χ4v) is 4.83. The second kappa shape index (κ2) is 11.2. The van der Waals surface area contributed by atoms with E-state index in [-0.39, 0.29) is 11.9 Å². The first kappa shape index (κ1) is 25.1. The van der Waals surface area contributed by atoms with Gasteiger partial charge in [0, 0.05) is 43.9 Å². The van der Waals surface area contributed by atoms with Crippen molar-refractivity contribution < 1.29 is 19.1 Å². The summed E-state index contributed by atoms with van der Waals surface area (Å²) < 4.78 is 12.6. The summed E-state index contributed by atoms with van der Waals surface area (Å²) in [5.41, 5.74) is 4.27. The Morgan fingerprint density at radius 1 is 0.974 bits per heavy atom. The van der Waals surface area contributed by atoms with Crippen LogP contribution in [0, 0.1) is 0 Å². The van der Waals surface area contributed by atoms with Crippen molar-refractivity contribution in [1.29, 1.82) is 0 Å². The van der Waals surface area contributed by atoms with Crippen LogP contribution in [-0.2, 0) is 6.54 Å². The summed E-state index contributed by atoms with van der Waals surface area (Å²) in [6.07, 6.45) is 7.28. The summed E-state index contributed by atoms with van der Waals surface area (Å²) in [5, 5.41) is 5.77. The maximum Gasteiger partial charge on any atom is 0.319 e. The van der Waals surface area contributed by atoms with Crippen LogP contribution in [-0.4, -0.2) is 53.5 Å². The number of aromatic nitrogens is 2. The Balaban J connectivity index is 1.12. The lowest BCUT2D eigenvalue weighted by molar-refractivity contribution is 0.0709. The number of likely N-dealkylation sites (tertiary alicyclic amines) is 1. The van der Waals surface area contributed by atoms with Crippen molar-refractivity contribution in [2.24, 2.45) is 0 Å². The summed E-state index contributed by atoms with van der Waals surface area (Å²) in [5.74, 6) is 1.48. The molecule has 3 amide bonds. The number of carbonyl (C=O) groups excluding carboxylic acids is 2. The number of fused-ring (bicyclic) bond motifs is 1. The number of pyridine rings is 1. The van der Waals surface area contributed by atoms with E-state index >= 15 is 0 Å². The quantitative estimate of drug-likeness (QED) is 0.374. The minimum atomic E-state index is -0.263. The lowest BCUT2D eigenvalue weighted by Gasteiger charge is -2.32. The maximum absolute atomic E-state index is 13.2. The van der Waals surface area contributed by atoms with E-state index in [2.05, 4.69) is 27.8 Å². The van der Waals surface area contributed by atoms with Gasteiger partial charge in [-0.05, 0) is 72.4 Å². The van der Waals surface area contributed by atoms with Crippen LogP contribution < -0.4 is 20.1 Å². The van der Waals surface area contributed by atoms with Gasteiger partial charge < -0.3 is 29.4 Å². The van der Waals surface area contributed by atoms with Gasteiger partial charge >= 0.3 is 6.03 Å². The molecule has 2 N–H and O–H groups in total. The number of nitrogens with one attached hydrogen (secondary N) is 2. The van der Waals surface area contributed by atoms with E-state index in [1.807, 2.05) is 46.0 Å². The molecule has 1 saturated heterocycles. The normalized spacial score (nSPS) is 13.8. The number of amides is 3. The van der Waals surface area contributed by atoms with Crippen molar-refractivity contribution in [3.63, 3.8) is 0 Å². The number of piperidine rings is 1. The molecule has 0 spiro atoms. The third kappa shape index (κ3) is 5.56. The van der Waals surface area contributed by atoms with Crippen molar-refractivity contribution >= 4 is 23.3 Å². The van der Waals surface area contributed by atoms with Crippen molar-refractivity contribution in [2.45, 2.75) is 25.3 Å². The Hall–Kier alpha value is -4.53. The number of hydrogen-bond donors (Lipinski definition) is 2. The number of benzene rings is 2. The van der Waals surface area contributed by atoms with Crippen LogP contribution in [0.15, 0.2) is 73.2 Å². The zero-order valence-corrected chi connectivity index (χ0v) is 21.5. The minimum absolute atomic E-state index is 0.0468. The van der Waals surface area contributed by atoms with E-state index in [0.717, 1.165) is 29.7 Å². The lowest BCUT2D eigenvalue weighted by atomic mass is 9.89. The van der Waals surface area contributed by atoms with Crippen molar-refractivity contribution in [2.75, 3.05) is 32.6 Å². The molecule has 1 aliphatic heterocycles. The number of imidazole rings is 1. The maximum atomic E-state index is 13.2. The fourth-order valence-electron chi connectivity index (χ4n) is 4.83. The Labute approximate surface area is 221 Å². The Bertz CT molecular complexity index is 1420. The highest BCUT2D eigenvalue weighted by Crippen LogP contribution is 2.31. The monoisotopic (exact) mass is 513 g/mol. The molecule has 0 aliphatic carbocycles. The summed E-state index contributed by atoms with van der Waals surface area (Å²) in [6.45, 7) is 1.74. The molecule has 5 rings (SSSR count). The predicted molar refractivity (Wildman–Crippen MR) is 145 cm³/mol. The molecule has 2 aromatic carbocycles. The van der Waals surface area contributed by atoms with Gasteiger partial charge in [0.15, 0.2) is 0 Å². The van der Waals surface area contributed by atoms with Gasteiger partial charge in [-0.2, -0.15) is 0 Å². The molecule has 1 fully saturated rings. The van der Waals surface area contributed by atoms with Gasteiger partial charge in [-0.25, -0.2) is 9.78 Å². The van der Waals surface area contributed by atoms with Gasteiger partial charge in [-0.15, -0.1) is 0 Å². The Morgan fingerprint density at radius 3 is 2.50 bits per heavy atom. The SMILES string of the molecule is COc1ccc(OC)c(C(=O)N2CCC(c3ccc(NC(=O)NCc4ccn5ccnc5c4)cc3)CC2)c1. The first-order chi connectivity index (χ1) is 18.5. The van der Waals surface area contributed by atoms with Gasteiger partial charge in [0.05, 0.1) is 19.8 Å². The van der Waals surface area contributed by atoms with Gasteiger partial charge in [-0.3, -0.25) is 4.79 Å². The number of ether oxygens (including phenoxy) is 2. The van der Waals surface area contributed by atoms with Crippen LogP contribution in [0.25, 0.3) is 5.65 Å². The molecule has 0 atom stereocenters. The highest BCUT2D eigenvalue weighted by atomic mass is 16.5. The van der Waals surface area contributed by atoms with Crippen LogP contribution in [0.2, 0.25) is 0 Å². The number of rotatable bonds is 7. The van der Waals surface area contributed by atoms with Crippen molar-refractivity contribution in [3.05, 3.63) is 89.9 Å². The van der Waals surface area contributed by atoms with Crippen LogP contribution in [0.1, 0.15) is 40.2 Å². The van der Waals surface area contributed by atoms with E-state index in [0.29, 0.717) is 42.6 Å². The first-order valence-electron chi connectivity index (χ1n) is 12.6. The predicted octanol–water partition coefficient (Wildman–Crippen LogP) is 4.69. The zero-order valence-electron chi connectivity index (χ0n) is 21.5. The summed E-state index contributed by atoms with van der Waals surface area (Å²) >= 11 is 0. The highest BCUT2D eigenvalue weighted by Gasteiger charge is 2.26. The third-order valence-corrected chi connectivity index (χ3v) is 6.97. The number of urea groups is 1. The molecule has 0 bridgehead atoms. The largest absolute Gasteiger partial charge is 0.497 e. The van der Waals surface area contributed by atoms with E-state index in [1.165, 1.54) is 5.56 Å². The van der Waals surface area contributed by atoms with Crippen molar-refractivity contribution in [1.82, 2.24) is 19.6 Å². The summed E-state index contributed by atoms with van der Waals surface area (Å²) in [7, 11) is 3.15. The number of carbonyl (C=O) groups is 2. The van der Waals surface area contributed by atoms with E-state index in [4.69, 9.17) is 9.47 Å². The average molecular weight is 514 g/mol. The topological polar surface area (TPSA) is 97.2 Å². The van der Waals surface area contributed by atoms with Gasteiger partial charge in [0.25, 0.3) is 5.91 Å².